The van der Waals surface area contributed by atoms with E-state index in [1.54, 1.807) is 7.11 Å². The van der Waals surface area contributed by atoms with Gasteiger partial charge in [0.05, 0.1) is 18.5 Å². The lowest BCUT2D eigenvalue weighted by Gasteiger charge is -2.06. The smallest absolute Gasteiger partial charge is 0.133 e. The summed E-state index contributed by atoms with van der Waals surface area (Å²) < 4.78 is 8.28. The van der Waals surface area contributed by atoms with Gasteiger partial charge in [0.25, 0.3) is 0 Å². The predicted octanol–water partition coefficient (Wildman–Crippen LogP) is 4.28. The lowest BCUT2D eigenvalue weighted by molar-refractivity contribution is 0.415. The van der Waals surface area contributed by atoms with Gasteiger partial charge in [0.15, 0.2) is 0 Å². The van der Waals surface area contributed by atoms with E-state index in [9.17, 15) is 0 Å². The average molecular weight is 370 g/mol. The van der Waals surface area contributed by atoms with E-state index in [-0.39, 0.29) is 0 Å². The van der Waals surface area contributed by atoms with E-state index in [0.29, 0.717) is 0 Å². The molecule has 0 bridgehead atoms. The molecule has 2 aromatic carbocycles. The van der Waals surface area contributed by atoms with Crippen molar-refractivity contribution in [3.05, 3.63) is 58.6 Å². The monoisotopic (exact) mass is 369 g/mol. The third kappa shape index (κ3) is 2.51. The van der Waals surface area contributed by atoms with Crippen LogP contribution in [0.15, 0.2) is 53.0 Å². The van der Waals surface area contributed by atoms with Crippen molar-refractivity contribution >= 4 is 21.7 Å². The zero-order chi connectivity index (χ0) is 15.8. The van der Waals surface area contributed by atoms with Gasteiger partial charge in [0.2, 0.25) is 0 Å². The molecule has 5 heteroatoms. The summed E-state index contributed by atoms with van der Waals surface area (Å²) in [6.45, 7) is 0.949. The Balaban J connectivity index is 1.84. The molecule has 0 fully saturated rings. The minimum absolute atomic E-state index is 0.856. The van der Waals surface area contributed by atoms with E-state index in [0.717, 1.165) is 46.0 Å². The maximum Gasteiger partial charge on any atom is 0.133 e. The SMILES string of the molecule is COc1ccc(-c2nn(-c3cccc(Br)c3)c3c2CCN3)cc1. The third-order valence-electron chi connectivity index (χ3n) is 4.07. The van der Waals surface area contributed by atoms with Crippen LogP contribution in [-0.4, -0.2) is 23.4 Å². The highest BCUT2D eigenvalue weighted by molar-refractivity contribution is 9.10. The number of halogens is 1. The van der Waals surface area contributed by atoms with Crippen LogP contribution in [0, 0.1) is 0 Å². The van der Waals surface area contributed by atoms with Crippen LogP contribution in [0.2, 0.25) is 0 Å². The second-order valence-electron chi connectivity index (χ2n) is 5.47. The van der Waals surface area contributed by atoms with Gasteiger partial charge < -0.3 is 10.1 Å². The molecule has 1 aliphatic rings. The average Bonchev–Trinajstić information content (AvgIpc) is 3.17. The molecule has 0 aliphatic carbocycles. The molecule has 116 valence electrons. The second-order valence-corrected chi connectivity index (χ2v) is 6.39. The molecule has 1 aromatic heterocycles. The number of ether oxygens (including phenoxy) is 1. The van der Waals surface area contributed by atoms with Gasteiger partial charge >= 0.3 is 0 Å². The Bertz CT molecular complexity index is 855. The topological polar surface area (TPSA) is 39.1 Å². The molecule has 1 aliphatic heterocycles. The van der Waals surface area contributed by atoms with Crippen molar-refractivity contribution in [3.8, 4) is 22.7 Å². The molecule has 0 radical (unpaired) electrons. The number of rotatable bonds is 3. The largest absolute Gasteiger partial charge is 0.497 e. The van der Waals surface area contributed by atoms with Crippen molar-refractivity contribution in [3.63, 3.8) is 0 Å². The molecular weight excluding hydrogens is 354 g/mol. The number of nitrogens with zero attached hydrogens (tertiary/aromatic N) is 2. The first-order valence-corrected chi connectivity index (χ1v) is 8.32. The first kappa shape index (κ1) is 14.3. The first-order valence-electron chi connectivity index (χ1n) is 7.52. The molecule has 0 saturated heterocycles. The molecular formula is C18H16BrN3O. The van der Waals surface area contributed by atoms with E-state index in [1.165, 1.54) is 5.56 Å². The number of fused-ring (bicyclic) bond motifs is 1. The van der Waals surface area contributed by atoms with Crippen molar-refractivity contribution in [2.45, 2.75) is 6.42 Å². The third-order valence-corrected chi connectivity index (χ3v) is 4.56. The van der Waals surface area contributed by atoms with Gasteiger partial charge in [-0.3, -0.25) is 0 Å². The molecule has 0 atom stereocenters. The summed E-state index contributed by atoms with van der Waals surface area (Å²) in [6, 6.07) is 16.3. The first-order chi connectivity index (χ1) is 11.3. The molecule has 3 aromatic rings. The van der Waals surface area contributed by atoms with Crippen LogP contribution in [0.4, 0.5) is 5.82 Å². The Morgan fingerprint density at radius 2 is 2.00 bits per heavy atom. The van der Waals surface area contributed by atoms with E-state index in [4.69, 9.17) is 9.84 Å². The molecule has 0 saturated carbocycles. The number of methoxy groups -OCH3 is 1. The quantitative estimate of drug-likeness (QED) is 0.748. The van der Waals surface area contributed by atoms with Gasteiger partial charge in [-0.1, -0.05) is 22.0 Å². The van der Waals surface area contributed by atoms with Gasteiger partial charge in [-0.05, 0) is 48.9 Å². The van der Waals surface area contributed by atoms with Gasteiger partial charge in [-0.25, -0.2) is 4.68 Å². The number of aromatic nitrogens is 2. The molecule has 0 unspecified atom stereocenters. The van der Waals surface area contributed by atoms with E-state index < -0.39 is 0 Å². The minimum Gasteiger partial charge on any atom is -0.497 e. The molecule has 2 heterocycles. The van der Waals surface area contributed by atoms with Crippen LogP contribution in [0.3, 0.4) is 0 Å². The Kier molecular flexibility index (Phi) is 3.58. The van der Waals surface area contributed by atoms with Crippen LogP contribution >= 0.6 is 15.9 Å². The van der Waals surface area contributed by atoms with Crippen molar-refractivity contribution in [1.82, 2.24) is 9.78 Å². The maximum absolute atomic E-state index is 5.24. The van der Waals surface area contributed by atoms with Gasteiger partial charge in [-0.15, -0.1) is 0 Å². The number of benzene rings is 2. The van der Waals surface area contributed by atoms with Crippen LogP contribution in [0.25, 0.3) is 16.9 Å². The highest BCUT2D eigenvalue weighted by Gasteiger charge is 2.23. The zero-order valence-electron chi connectivity index (χ0n) is 12.7. The summed E-state index contributed by atoms with van der Waals surface area (Å²) in [5, 5.41) is 8.32. The fraction of sp³-hybridized carbons (Fsp3) is 0.167. The summed E-state index contributed by atoms with van der Waals surface area (Å²) in [5.74, 6) is 1.95. The van der Waals surface area contributed by atoms with Crippen LogP contribution in [0.1, 0.15) is 5.56 Å². The Morgan fingerprint density at radius 1 is 1.17 bits per heavy atom. The summed E-state index contributed by atoms with van der Waals surface area (Å²) in [6.07, 6.45) is 0.991. The number of hydrogen-bond donors (Lipinski definition) is 1. The van der Waals surface area contributed by atoms with Gasteiger partial charge in [-0.2, -0.15) is 5.10 Å². The fourth-order valence-corrected chi connectivity index (χ4v) is 3.34. The van der Waals surface area contributed by atoms with E-state index in [2.05, 4.69) is 45.5 Å². The Hall–Kier alpha value is -2.27. The molecule has 0 amide bonds. The Labute approximate surface area is 143 Å². The van der Waals surface area contributed by atoms with Crippen LogP contribution in [0.5, 0.6) is 5.75 Å². The minimum atomic E-state index is 0.856. The van der Waals surface area contributed by atoms with E-state index in [1.807, 2.05) is 28.9 Å². The van der Waals surface area contributed by atoms with Crippen LogP contribution < -0.4 is 10.1 Å². The highest BCUT2D eigenvalue weighted by atomic mass is 79.9. The maximum atomic E-state index is 5.24. The summed E-state index contributed by atoms with van der Waals surface area (Å²) in [7, 11) is 1.68. The van der Waals surface area contributed by atoms with E-state index >= 15 is 0 Å². The van der Waals surface area contributed by atoms with Crippen molar-refractivity contribution < 1.29 is 4.74 Å². The standard InChI is InChI=1S/C18H16BrN3O/c1-23-15-7-5-12(6-8-15)17-16-9-10-20-18(16)22(21-17)14-4-2-3-13(19)11-14/h2-8,11,20H,9-10H2,1H3. The predicted molar refractivity (Wildman–Crippen MR) is 95.4 cm³/mol. The molecule has 1 N–H and O–H groups in total. The second kappa shape index (κ2) is 5.74. The van der Waals surface area contributed by atoms with Gasteiger partial charge in [0, 0.05) is 22.1 Å². The molecule has 0 spiro atoms. The number of hydrogen-bond acceptors (Lipinski definition) is 3. The van der Waals surface area contributed by atoms with Crippen molar-refractivity contribution in [2.24, 2.45) is 0 Å². The van der Waals surface area contributed by atoms with Crippen LogP contribution in [-0.2, 0) is 6.42 Å². The van der Waals surface area contributed by atoms with Gasteiger partial charge in [0.1, 0.15) is 11.6 Å². The molecule has 4 rings (SSSR count). The molecule has 4 nitrogen and oxygen atoms in total. The Morgan fingerprint density at radius 3 is 2.74 bits per heavy atom. The van der Waals surface area contributed by atoms with Crippen molar-refractivity contribution in [1.29, 1.82) is 0 Å². The highest BCUT2D eigenvalue weighted by Crippen LogP contribution is 2.35. The number of nitrogens with one attached hydrogen (secondary N) is 1. The summed E-state index contributed by atoms with van der Waals surface area (Å²) >= 11 is 3.53. The normalized spacial score (nSPS) is 12.8. The zero-order valence-corrected chi connectivity index (χ0v) is 14.3. The lowest BCUT2D eigenvalue weighted by atomic mass is 10.1. The van der Waals surface area contributed by atoms with Crippen molar-refractivity contribution in [2.75, 3.05) is 19.0 Å². The number of anilines is 1. The summed E-state index contributed by atoms with van der Waals surface area (Å²) in [5.41, 5.74) is 4.46. The fourth-order valence-electron chi connectivity index (χ4n) is 2.95. The lowest BCUT2D eigenvalue weighted by Crippen LogP contribution is -2.04. The summed E-state index contributed by atoms with van der Waals surface area (Å²) in [4.78, 5) is 0. The molecule has 23 heavy (non-hydrogen) atoms.